The van der Waals surface area contributed by atoms with Crippen LogP contribution in [0.25, 0.3) is 0 Å². The largest absolute Gasteiger partial charge is 0.362 e. The van der Waals surface area contributed by atoms with Crippen LogP contribution in [0.2, 0.25) is 0 Å². The van der Waals surface area contributed by atoms with E-state index in [1.54, 1.807) is 18.2 Å². The van der Waals surface area contributed by atoms with Gasteiger partial charge >= 0.3 is 0 Å². The minimum Gasteiger partial charge on any atom is -0.362 e. The summed E-state index contributed by atoms with van der Waals surface area (Å²) in [5, 5.41) is 16.6. The Kier molecular flexibility index (Phi) is 5.19. The predicted octanol–water partition coefficient (Wildman–Crippen LogP) is 1.86. The molecule has 18 heavy (non-hydrogen) atoms. The fraction of sp³-hybridized carbons (Fsp3) is 0.273. The van der Waals surface area contributed by atoms with E-state index in [0.29, 0.717) is 18.7 Å². The highest BCUT2D eigenvalue weighted by Gasteiger charge is 2.12. The first kappa shape index (κ1) is 14.0. The van der Waals surface area contributed by atoms with Crippen LogP contribution in [-0.4, -0.2) is 22.4 Å². The summed E-state index contributed by atoms with van der Waals surface area (Å²) in [7, 11) is 0. The van der Waals surface area contributed by atoms with Crippen molar-refractivity contribution in [2.24, 2.45) is 0 Å². The smallest absolute Gasteiger partial charge is 0.292 e. The molecule has 96 valence electrons. The van der Waals surface area contributed by atoms with E-state index in [4.69, 9.17) is 12.2 Å². The maximum Gasteiger partial charge on any atom is 0.292 e. The van der Waals surface area contributed by atoms with Gasteiger partial charge in [0.25, 0.3) is 5.69 Å². The van der Waals surface area contributed by atoms with Gasteiger partial charge in [0.05, 0.1) is 4.92 Å². The highest BCUT2D eigenvalue weighted by molar-refractivity contribution is 7.80. The first-order valence-electron chi connectivity index (χ1n) is 5.28. The van der Waals surface area contributed by atoms with Crippen molar-refractivity contribution in [1.82, 2.24) is 5.32 Å². The first-order valence-corrected chi connectivity index (χ1v) is 5.69. The number of hydrogen-bond acceptors (Lipinski definition) is 4. The van der Waals surface area contributed by atoms with Crippen LogP contribution in [0, 0.1) is 10.1 Å². The molecule has 0 aromatic heterocycles. The normalized spacial score (nSPS) is 9.61. The molecule has 0 bridgehead atoms. The van der Waals surface area contributed by atoms with Gasteiger partial charge in [-0.15, -0.1) is 0 Å². The maximum absolute atomic E-state index is 10.8. The molecule has 0 unspecified atom stereocenters. The zero-order chi connectivity index (χ0) is 13.5. The SMILES string of the molecule is CC(=O)CCNC(=S)Nc1ccccc1[N+](=O)[O-]. The molecular formula is C11H13N3O3S. The third kappa shape index (κ3) is 4.46. The summed E-state index contributed by atoms with van der Waals surface area (Å²) in [5.41, 5.74) is 0.274. The highest BCUT2D eigenvalue weighted by atomic mass is 32.1. The number of Topliss-reactive ketones (excluding diaryl/α,β-unsaturated/α-hetero) is 1. The van der Waals surface area contributed by atoms with Gasteiger partial charge in [0.15, 0.2) is 5.11 Å². The van der Waals surface area contributed by atoms with Crippen molar-refractivity contribution in [2.45, 2.75) is 13.3 Å². The Morgan fingerprint density at radius 2 is 2.11 bits per heavy atom. The van der Waals surface area contributed by atoms with Crippen LogP contribution in [0.1, 0.15) is 13.3 Å². The van der Waals surface area contributed by atoms with Gasteiger partial charge in [0.1, 0.15) is 11.5 Å². The van der Waals surface area contributed by atoms with Crippen molar-refractivity contribution in [3.8, 4) is 0 Å². The Hall–Kier alpha value is -2.02. The summed E-state index contributed by atoms with van der Waals surface area (Å²) in [4.78, 5) is 21.0. The van der Waals surface area contributed by atoms with Gasteiger partial charge in [-0.25, -0.2) is 0 Å². The van der Waals surface area contributed by atoms with E-state index in [2.05, 4.69) is 10.6 Å². The standard InChI is InChI=1S/C11H13N3O3S/c1-8(15)6-7-12-11(18)13-9-4-2-3-5-10(9)14(16)17/h2-5H,6-7H2,1H3,(H2,12,13,18). The van der Waals surface area contributed by atoms with Crippen LogP contribution in [0.4, 0.5) is 11.4 Å². The van der Waals surface area contributed by atoms with Crippen molar-refractivity contribution in [1.29, 1.82) is 0 Å². The number of hydrogen-bond donors (Lipinski definition) is 2. The molecule has 0 aliphatic rings. The van der Waals surface area contributed by atoms with Gasteiger partial charge < -0.3 is 10.6 Å². The summed E-state index contributed by atoms with van der Waals surface area (Å²) in [6, 6.07) is 6.21. The van der Waals surface area contributed by atoms with Gasteiger partial charge in [0.2, 0.25) is 0 Å². The molecule has 0 amide bonds. The summed E-state index contributed by atoms with van der Waals surface area (Å²) in [6.45, 7) is 1.89. The maximum atomic E-state index is 10.8. The Bertz CT molecular complexity index is 476. The van der Waals surface area contributed by atoms with Crippen molar-refractivity contribution >= 4 is 34.5 Å². The number of carbonyl (C=O) groups excluding carboxylic acids is 1. The number of nitrogens with zero attached hydrogens (tertiary/aromatic N) is 1. The van der Waals surface area contributed by atoms with Crippen LogP contribution >= 0.6 is 12.2 Å². The molecule has 0 saturated carbocycles. The lowest BCUT2D eigenvalue weighted by atomic mass is 10.3. The van der Waals surface area contributed by atoms with Crippen molar-refractivity contribution in [2.75, 3.05) is 11.9 Å². The number of anilines is 1. The fourth-order valence-corrected chi connectivity index (χ4v) is 1.47. The number of nitro benzene ring substituents is 1. The Balaban J connectivity index is 2.59. The number of ketones is 1. The Morgan fingerprint density at radius 1 is 1.44 bits per heavy atom. The second-order valence-electron chi connectivity index (χ2n) is 3.61. The van der Waals surface area contributed by atoms with Crippen molar-refractivity contribution in [3.63, 3.8) is 0 Å². The lowest BCUT2D eigenvalue weighted by molar-refractivity contribution is -0.383. The molecule has 1 rings (SSSR count). The van der Waals surface area contributed by atoms with E-state index in [-0.39, 0.29) is 16.6 Å². The Morgan fingerprint density at radius 3 is 2.72 bits per heavy atom. The number of benzene rings is 1. The monoisotopic (exact) mass is 267 g/mol. The first-order chi connectivity index (χ1) is 8.50. The van der Waals surface area contributed by atoms with Gasteiger partial charge in [-0.05, 0) is 25.2 Å². The summed E-state index contributed by atoms with van der Waals surface area (Å²) < 4.78 is 0. The van der Waals surface area contributed by atoms with E-state index in [1.165, 1.54) is 13.0 Å². The van der Waals surface area contributed by atoms with Gasteiger partial charge in [-0.3, -0.25) is 14.9 Å². The molecule has 7 heteroatoms. The van der Waals surface area contributed by atoms with E-state index < -0.39 is 4.92 Å². The molecule has 0 heterocycles. The van der Waals surface area contributed by atoms with Crippen LogP contribution in [0.3, 0.4) is 0 Å². The lowest BCUT2D eigenvalue weighted by Crippen LogP contribution is -2.30. The zero-order valence-corrected chi connectivity index (χ0v) is 10.6. The second-order valence-corrected chi connectivity index (χ2v) is 4.02. The third-order valence-corrected chi connectivity index (χ3v) is 2.36. The molecule has 0 radical (unpaired) electrons. The minimum absolute atomic E-state index is 0.0479. The summed E-state index contributed by atoms with van der Waals surface area (Å²) >= 11 is 4.98. The molecule has 0 saturated heterocycles. The van der Waals surface area contributed by atoms with E-state index in [9.17, 15) is 14.9 Å². The van der Waals surface area contributed by atoms with Crippen LogP contribution < -0.4 is 10.6 Å². The van der Waals surface area contributed by atoms with Crippen molar-refractivity contribution < 1.29 is 9.72 Å². The average Bonchev–Trinajstić information content (AvgIpc) is 2.28. The topological polar surface area (TPSA) is 84.3 Å². The number of carbonyl (C=O) groups is 1. The molecule has 0 atom stereocenters. The Labute approximate surface area is 110 Å². The van der Waals surface area contributed by atoms with E-state index in [0.717, 1.165) is 0 Å². The minimum atomic E-state index is -0.486. The van der Waals surface area contributed by atoms with E-state index >= 15 is 0 Å². The summed E-state index contributed by atoms with van der Waals surface area (Å²) in [6.07, 6.45) is 0.360. The number of thiocarbonyl (C=S) groups is 1. The van der Waals surface area contributed by atoms with Crippen LogP contribution in [0.5, 0.6) is 0 Å². The fourth-order valence-electron chi connectivity index (χ4n) is 1.26. The molecule has 0 aliphatic carbocycles. The molecule has 0 fully saturated rings. The summed E-state index contributed by atoms with van der Waals surface area (Å²) in [5.74, 6) is 0.0518. The van der Waals surface area contributed by atoms with Crippen LogP contribution in [-0.2, 0) is 4.79 Å². The highest BCUT2D eigenvalue weighted by Crippen LogP contribution is 2.22. The molecule has 0 aliphatic heterocycles. The quantitative estimate of drug-likeness (QED) is 0.481. The molecule has 1 aromatic rings. The number of rotatable bonds is 5. The number of para-hydroxylation sites is 2. The lowest BCUT2D eigenvalue weighted by Gasteiger charge is -2.09. The van der Waals surface area contributed by atoms with Gasteiger partial charge in [0, 0.05) is 19.0 Å². The van der Waals surface area contributed by atoms with Crippen molar-refractivity contribution in [3.05, 3.63) is 34.4 Å². The van der Waals surface area contributed by atoms with E-state index in [1.807, 2.05) is 0 Å². The molecule has 1 aromatic carbocycles. The van der Waals surface area contributed by atoms with Gasteiger partial charge in [-0.2, -0.15) is 0 Å². The molecule has 6 nitrogen and oxygen atoms in total. The predicted molar refractivity (Wildman–Crippen MR) is 72.6 cm³/mol. The number of nitro groups is 1. The molecule has 0 spiro atoms. The molecule has 2 N–H and O–H groups in total. The molecular weight excluding hydrogens is 254 g/mol. The zero-order valence-electron chi connectivity index (χ0n) is 9.80. The third-order valence-electron chi connectivity index (χ3n) is 2.11. The second kappa shape index (κ2) is 6.65. The van der Waals surface area contributed by atoms with Crippen LogP contribution in [0.15, 0.2) is 24.3 Å². The number of nitrogens with one attached hydrogen (secondary N) is 2. The van der Waals surface area contributed by atoms with Gasteiger partial charge in [-0.1, -0.05) is 12.1 Å². The average molecular weight is 267 g/mol.